The van der Waals surface area contributed by atoms with Crippen molar-refractivity contribution in [3.63, 3.8) is 0 Å². The number of hydrogen-bond donors (Lipinski definition) is 1. The summed E-state index contributed by atoms with van der Waals surface area (Å²) in [5, 5.41) is 3.58. The van der Waals surface area contributed by atoms with Crippen LogP contribution in [0.5, 0.6) is 0 Å². The van der Waals surface area contributed by atoms with Crippen LogP contribution in [0, 0.1) is 11.7 Å². The van der Waals surface area contributed by atoms with E-state index in [2.05, 4.69) is 28.6 Å². The average molecular weight is 624 g/mol. The van der Waals surface area contributed by atoms with Crippen molar-refractivity contribution in [2.45, 2.75) is 57.2 Å². The molecule has 6 rings (SSSR count). The van der Waals surface area contributed by atoms with Crippen LogP contribution >= 0.6 is 23.2 Å². The number of carbonyl (C=O) groups is 2. The lowest BCUT2D eigenvalue weighted by atomic mass is 9.78. The third kappa shape index (κ3) is 5.41. The van der Waals surface area contributed by atoms with Gasteiger partial charge in [-0.15, -0.1) is 0 Å². The van der Waals surface area contributed by atoms with E-state index < -0.39 is 23.7 Å². The van der Waals surface area contributed by atoms with Crippen LogP contribution in [0.15, 0.2) is 60.7 Å². The van der Waals surface area contributed by atoms with E-state index in [1.165, 1.54) is 13.2 Å². The number of nitrogens with one attached hydrogen (secondary N) is 1. The summed E-state index contributed by atoms with van der Waals surface area (Å²) in [4.78, 5) is 33.9. The van der Waals surface area contributed by atoms with Gasteiger partial charge in [0.1, 0.15) is 11.6 Å². The number of aromatic nitrogens is 2. The first-order valence-electron chi connectivity index (χ1n) is 14.5. The fourth-order valence-corrected chi connectivity index (χ4v) is 7.20. The zero-order valence-corrected chi connectivity index (χ0v) is 25.7. The molecule has 0 radical (unpaired) electrons. The van der Waals surface area contributed by atoms with E-state index in [-0.39, 0.29) is 22.9 Å². The second-order valence-electron chi connectivity index (χ2n) is 11.7. The number of anilines is 1. The number of aryl methyl sites for hydroxylation is 1. The molecule has 0 saturated carbocycles. The maximum absolute atomic E-state index is 16.0. The predicted octanol–water partition coefficient (Wildman–Crippen LogP) is 7.28. The summed E-state index contributed by atoms with van der Waals surface area (Å²) in [6.45, 7) is 5.65. The summed E-state index contributed by atoms with van der Waals surface area (Å²) < 4.78 is 23.0. The molecule has 3 heterocycles. The summed E-state index contributed by atoms with van der Waals surface area (Å²) in [5.74, 6) is -0.917. The fraction of sp³-hybridized carbons (Fsp3) is 0.364. The van der Waals surface area contributed by atoms with Gasteiger partial charge in [0.15, 0.2) is 0 Å². The second-order valence-corrected chi connectivity index (χ2v) is 12.6. The molecule has 7 nitrogen and oxygen atoms in total. The summed E-state index contributed by atoms with van der Waals surface area (Å²) in [6.07, 6.45) is 1.62. The van der Waals surface area contributed by atoms with Crippen LogP contribution in [0.4, 0.5) is 10.1 Å². The molecule has 43 heavy (non-hydrogen) atoms. The van der Waals surface area contributed by atoms with E-state index in [0.717, 1.165) is 24.2 Å². The number of benzene rings is 3. The van der Waals surface area contributed by atoms with Gasteiger partial charge < -0.3 is 14.6 Å². The largest absolute Gasteiger partial charge is 0.465 e. The highest BCUT2D eigenvalue weighted by Crippen LogP contribution is 2.52. The SMILES string of the molecule is COC(=O)c1ccc2c(c1)nc1n2CC[C@H]2[C@@H]1[C@H](c1cccc(Cl)c1F)[C@H](C(=O)Nc1cccc(Cl)c1)N2CCC(C)C. The van der Waals surface area contributed by atoms with Gasteiger partial charge in [-0.25, -0.2) is 14.2 Å². The molecule has 0 aliphatic carbocycles. The number of fused-ring (bicyclic) bond motifs is 5. The van der Waals surface area contributed by atoms with Gasteiger partial charge in [0.05, 0.1) is 34.8 Å². The van der Waals surface area contributed by atoms with Gasteiger partial charge in [0.25, 0.3) is 0 Å². The minimum atomic E-state index is -0.697. The Kier molecular flexibility index (Phi) is 8.20. The van der Waals surface area contributed by atoms with Crippen molar-refractivity contribution in [2.75, 3.05) is 19.0 Å². The Bertz CT molecular complexity index is 1710. The van der Waals surface area contributed by atoms with Gasteiger partial charge >= 0.3 is 5.97 Å². The lowest BCUT2D eigenvalue weighted by Gasteiger charge is -2.34. The van der Waals surface area contributed by atoms with E-state index in [1.807, 2.05) is 6.07 Å². The third-order valence-electron chi connectivity index (χ3n) is 8.74. The number of nitrogens with zero attached hydrogens (tertiary/aromatic N) is 3. The molecule has 0 unspecified atom stereocenters. The van der Waals surface area contributed by atoms with E-state index >= 15 is 4.39 Å². The molecule has 4 atom stereocenters. The summed E-state index contributed by atoms with van der Waals surface area (Å²) >= 11 is 12.6. The predicted molar refractivity (Wildman–Crippen MR) is 166 cm³/mol. The Hall–Kier alpha value is -3.46. The highest BCUT2D eigenvalue weighted by Gasteiger charge is 2.56. The number of hydrogen-bond acceptors (Lipinski definition) is 5. The van der Waals surface area contributed by atoms with Crippen molar-refractivity contribution in [3.05, 3.63) is 93.5 Å². The minimum absolute atomic E-state index is 0.00992. The third-order valence-corrected chi connectivity index (χ3v) is 9.26. The van der Waals surface area contributed by atoms with Crippen LogP contribution in [0.1, 0.15) is 60.3 Å². The molecular formula is C33H33Cl2FN4O3. The lowest BCUT2D eigenvalue weighted by Crippen LogP contribution is -2.46. The second kappa shape index (κ2) is 11.9. The van der Waals surface area contributed by atoms with Crippen molar-refractivity contribution in [2.24, 2.45) is 5.92 Å². The number of methoxy groups -OCH3 is 1. The monoisotopic (exact) mass is 622 g/mol. The smallest absolute Gasteiger partial charge is 0.337 e. The Balaban J connectivity index is 1.52. The quantitative estimate of drug-likeness (QED) is 0.219. The molecule has 1 aromatic heterocycles. The van der Waals surface area contributed by atoms with E-state index in [1.54, 1.807) is 48.5 Å². The molecule has 1 fully saturated rings. The Morgan fingerprint density at radius 3 is 2.63 bits per heavy atom. The van der Waals surface area contributed by atoms with Crippen molar-refractivity contribution >= 4 is 51.8 Å². The average Bonchev–Trinajstić information content (AvgIpc) is 3.52. The van der Waals surface area contributed by atoms with Gasteiger partial charge in [0, 0.05) is 35.1 Å². The fourth-order valence-electron chi connectivity index (χ4n) is 6.83. The first-order valence-corrected chi connectivity index (χ1v) is 15.3. The Morgan fingerprint density at radius 2 is 1.88 bits per heavy atom. The topological polar surface area (TPSA) is 76.5 Å². The standard InChI is InChI=1S/C33H33Cl2FN4O3/c1-18(2)12-14-39-26-13-15-40-25-11-10-19(33(42)43-3)16-24(25)38-31(40)28(26)27(22-8-5-9-23(35)29(22)36)30(39)32(41)37-21-7-4-6-20(34)17-21/h4-11,16-18,26-28,30H,12-15H2,1-3H3,(H,37,41)/t26-,27-,28+,30+/m0/s1. The molecule has 3 aromatic carbocycles. The van der Waals surface area contributed by atoms with Crippen LogP contribution in [-0.4, -0.2) is 52.1 Å². The minimum Gasteiger partial charge on any atom is -0.465 e. The van der Waals surface area contributed by atoms with Crippen molar-refractivity contribution < 1.29 is 18.7 Å². The van der Waals surface area contributed by atoms with E-state index in [0.29, 0.717) is 46.4 Å². The zero-order chi connectivity index (χ0) is 30.4. The van der Waals surface area contributed by atoms with E-state index in [4.69, 9.17) is 32.9 Å². The highest BCUT2D eigenvalue weighted by molar-refractivity contribution is 6.31. The van der Waals surface area contributed by atoms with Crippen LogP contribution in [0.25, 0.3) is 11.0 Å². The summed E-state index contributed by atoms with van der Waals surface area (Å²) in [6, 6.07) is 16.6. The van der Waals surface area contributed by atoms with Crippen molar-refractivity contribution in [1.82, 2.24) is 14.5 Å². The molecule has 10 heteroatoms. The van der Waals surface area contributed by atoms with Gasteiger partial charge in [-0.3, -0.25) is 9.69 Å². The van der Waals surface area contributed by atoms with Gasteiger partial charge in [-0.1, -0.05) is 55.2 Å². The molecular weight excluding hydrogens is 590 g/mol. The van der Waals surface area contributed by atoms with Crippen LogP contribution < -0.4 is 5.32 Å². The molecule has 2 aliphatic rings. The number of esters is 1. The Labute approximate surface area is 259 Å². The highest BCUT2D eigenvalue weighted by atomic mass is 35.5. The number of amides is 1. The van der Waals surface area contributed by atoms with Crippen molar-refractivity contribution in [1.29, 1.82) is 0 Å². The number of carbonyl (C=O) groups excluding carboxylic acids is 2. The molecule has 2 aliphatic heterocycles. The molecule has 1 N–H and O–H groups in total. The van der Waals surface area contributed by atoms with Crippen molar-refractivity contribution in [3.8, 4) is 0 Å². The number of likely N-dealkylation sites (tertiary alicyclic amines) is 1. The molecule has 1 amide bonds. The zero-order valence-electron chi connectivity index (χ0n) is 24.2. The first-order chi connectivity index (χ1) is 20.7. The number of rotatable bonds is 7. The summed E-state index contributed by atoms with van der Waals surface area (Å²) in [5.41, 5.74) is 2.90. The van der Waals surface area contributed by atoms with Crippen LogP contribution in [-0.2, 0) is 16.1 Å². The lowest BCUT2D eigenvalue weighted by molar-refractivity contribution is -0.121. The van der Waals surface area contributed by atoms with Crippen LogP contribution in [0.3, 0.4) is 0 Å². The maximum atomic E-state index is 16.0. The first kappa shape index (κ1) is 29.6. The van der Waals surface area contributed by atoms with Gasteiger partial charge in [0.2, 0.25) is 5.91 Å². The normalized spacial score (nSPS) is 21.6. The number of halogens is 3. The maximum Gasteiger partial charge on any atom is 0.337 e. The van der Waals surface area contributed by atoms with Crippen LogP contribution in [0.2, 0.25) is 10.0 Å². The summed E-state index contributed by atoms with van der Waals surface area (Å²) in [7, 11) is 1.35. The Morgan fingerprint density at radius 1 is 1.09 bits per heavy atom. The molecule has 4 aromatic rings. The van der Waals surface area contributed by atoms with Gasteiger partial charge in [-0.05, 0) is 73.3 Å². The molecule has 1 saturated heterocycles. The molecule has 0 bridgehead atoms. The molecule has 0 spiro atoms. The van der Waals surface area contributed by atoms with E-state index in [9.17, 15) is 9.59 Å². The molecule has 224 valence electrons. The number of ether oxygens (including phenoxy) is 1. The number of imidazole rings is 1. The van der Waals surface area contributed by atoms with Gasteiger partial charge in [-0.2, -0.15) is 0 Å².